The van der Waals surface area contributed by atoms with Gasteiger partial charge in [-0.1, -0.05) is 6.07 Å². The molecule has 0 radical (unpaired) electrons. The molecule has 268 valence electrons. The van der Waals surface area contributed by atoms with E-state index in [4.69, 9.17) is 14.2 Å². The number of hydrogen-bond acceptors (Lipinski definition) is 9. The van der Waals surface area contributed by atoms with Gasteiger partial charge in [0.25, 0.3) is 11.8 Å². The number of carbonyl (C=O) groups is 5. The Morgan fingerprint density at radius 2 is 1.61 bits per heavy atom. The highest BCUT2D eigenvalue weighted by Crippen LogP contribution is 2.57. The van der Waals surface area contributed by atoms with E-state index in [-0.39, 0.29) is 36.2 Å². The van der Waals surface area contributed by atoms with E-state index in [9.17, 15) is 24.0 Å². The van der Waals surface area contributed by atoms with Crippen LogP contribution in [0.5, 0.6) is 11.5 Å². The molecule has 13 nitrogen and oxygen atoms in total. The van der Waals surface area contributed by atoms with Crippen molar-refractivity contribution in [1.29, 1.82) is 0 Å². The zero-order valence-electron chi connectivity index (χ0n) is 29.2. The zero-order valence-corrected chi connectivity index (χ0v) is 29.2. The monoisotopic (exact) mass is 697 g/mol. The van der Waals surface area contributed by atoms with Gasteiger partial charge in [0.1, 0.15) is 17.5 Å². The van der Waals surface area contributed by atoms with E-state index in [1.807, 2.05) is 35.4 Å². The minimum atomic E-state index is -0.963. The Balaban J connectivity index is 0.918. The van der Waals surface area contributed by atoms with E-state index in [2.05, 4.69) is 10.2 Å². The second-order valence-corrected chi connectivity index (χ2v) is 14.8. The Bertz CT molecular complexity index is 1830. The predicted molar refractivity (Wildman–Crippen MR) is 184 cm³/mol. The highest BCUT2D eigenvalue weighted by Gasteiger charge is 2.48. The van der Waals surface area contributed by atoms with Crippen molar-refractivity contribution in [2.45, 2.75) is 63.1 Å². The third-order valence-electron chi connectivity index (χ3n) is 11.9. The molecular weight excluding hydrogens is 654 g/mol. The van der Waals surface area contributed by atoms with Crippen LogP contribution in [0.2, 0.25) is 0 Å². The predicted octanol–water partition coefficient (Wildman–Crippen LogP) is 3.37. The van der Waals surface area contributed by atoms with E-state index < -0.39 is 23.8 Å². The molecule has 1 N–H and O–H groups in total. The van der Waals surface area contributed by atoms with Crippen LogP contribution >= 0.6 is 0 Å². The highest BCUT2D eigenvalue weighted by atomic mass is 16.5. The van der Waals surface area contributed by atoms with Crippen LogP contribution in [0.1, 0.15) is 81.8 Å². The molecule has 3 saturated heterocycles. The number of rotatable bonds is 7. The number of nitrogens with one attached hydrogen (secondary N) is 1. The fourth-order valence-electron chi connectivity index (χ4n) is 9.00. The van der Waals surface area contributed by atoms with Gasteiger partial charge < -0.3 is 24.0 Å². The van der Waals surface area contributed by atoms with Gasteiger partial charge in [-0.2, -0.15) is 0 Å². The lowest BCUT2D eigenvalue weighted by Crippen LogP contribution is -2.55. The summed E-state index contributed by atoms with van der Waals surface area (Å²) in [6.45, 7) is 4.08. The average molecular weight is 698 g/mol. The fraction of sp³-hybridized carbons (Fsp3) is 0.500. The number of amides is 6. The molecule has 2 unspecified atom stereocenters. The van der Waals surface area contributed by atoms with Crippen LogP contribution in [0.25, 0.3) is 5.57 Å². The molecule has 2 atom stereocenters. The number of carbonyl (C=O) groups excluding carboxylic acids is 5. The third kappa shape index (κ3) is 5.66. The topological polar surface area (TPSA) is 138 Å². The Morgan fingerprint density at radius 1 is 0.902 bits per heavy atom. The lowest BCUT2D eigenvalue weighted by molar-refractivity contribution is -0.136. The molecule has 6 amide bonds. The Morgan fingerprint density at radius 3 is 2.29 bits per heavy atom. The van der Waals surface area contributed by atoms with Crippen molar-refractivity contribution < 1.29 is 38.2 Å². The maximum Gasteiger partial charge on any atom is 0.324 e. The number of nitrogens with zero attached hydrogens (tertiary/aromatic N) is 4. The Labute approximate surface area is 296 Å². The van der Waals surface area contributed by atoms with Crippen molar-refractivity contribution >= 4 is 35.2 Å². The zero-order chi connectivity index (χ0) is 35.6. The van der Waals surface area contributed by atoms with Gasteiger partial charge >= 0.3 is 6.03 Å². The van der Waals surface area contributed by atoms with Crippen LogP contribution in [0, 0.1) is 5.41 Å². The van der Waals surface area contributed by atoms with Gasteiger partial charge in [-0.25, -0.2) is 4.79 Å². The quantitative estimate of drug-likeness (QED) is 0.432. The van der Waals surface area contributed by atoms with Gasteiger partial charge in [-0.05, 0) is 91.9 Å². The molecule has 1 aliphatic carbocycles. The number of ether oxygens (including phenoxy) is 3. The normalized spacial score (nSPS) is 25.0. The molecule has 2 aromatic carbocycles. The molecule has 13 heteroatoms. The second kappa shape index (κ2) is 12.8. The van der Waals surface area contributed by atoms with E-state index >= 15 is 0 Å². The van der Waals surface area contributed by atoms with Crippen LogP contribution in [-0.4, -0.2) is 115 Å². The first kappa shape index (κ1) is 33.4. The van der Waals surface area contributed by atoms with Gasteiger partial charge in [0, 0.05) is 38.3 Å². The lowest BCUT2D eigenvalue weighted by atomic mass is 9.56. The number of urea groups is 1. The first-order valence-electron chi connectivity index (χ1n) is 17.8. The Kier molecular flexibility index (Phi) is 8.37. The molecule has 6 aliphatic rings. The molecule has 1 saturated carbocycles. The van der Waals surface area contributed by atoms with Crippen molar-refractivity contribution in [3.63, 3.8) is 0 Å². The lowest BCUT2D eigenvalue weighted by Gasteiger charge is -2.52. The number of morpholine rings is 1. The first-order chi connectivity index (χ1) is 24.6. The molecular formula is C38H43N5O8. The van der Waals surface area contributed by atoms with Gasteiger partial charge in [0.15, 0.2) is 0 Å². The van der Waals surface area contributed by atoms with E-state index in [0.717, 1.165) is 77.4 Å². The van der Waals surface area contributed by atoms with Crippen molar-refractivity contribution in [2.24, 2.45) is 5.41 Å². The molecule has 1 spiro atoms. The minimum absolute atomic E-state index is 0.0273. The molecule has 8 rings (SSSR count). The van der Waals surface area contributed by atoms with Crippen molar-refractivity contribution in [1.82, 2.24) is 24.9 Å². The van der Waals surface area contributed by atoms with E-state index in [1.54, 1.807) is 32.2 Å². The maximum absolute atomic E-state index is 13.4. The van der Waals surface area contributed by atoms with Crippen LogP contribution in [0.15, 0.2) is 36.5 Å². The number of methoxy groups -OCH3 is 2. The molecule has 5 heterocycles. The maximum atomic E-state index is 13.4. The summed E-state index contributed by atoms with van der Waals surface area (Å²) in [6.07, 6.45) is 6.29. The summed E-state index contributed by atoms with van der Waals surface area (Å²) in [5.41, 5.74) is 4.87. The van der Waals surface area contributed by atoms with Crippen LogP contribution in [-0.2, 0) is 20.9 Å². The van der Waals surface area contributed by atoms with Crippen molar-refractivity contribution in [2.75, 3.05) is 54.1 Å². The van der Waals surface area contributed by atoms with Gasteiger partial charge in [-0.3, -0.25) is 34.3 Å². The SMILES string of the molecule is COc1cc(C2=CN(C)C(=O)N3CCOCC23)cc(OC)c1CN1CCC2(CC1)CC(c1ccc3c(c1)C(=O)N(C1CCC(=O)NC1=O)C3=O)C2. The van der Waals surface area contributed by atoms with Crippen molar-refractivity contribution in [3.8, 4) is 11.5 Å². The molecule has 2 aromatic rings. The molecule has 51 heavy (non-hydrogen) atoms. The number of fused-ring (bicyclic) bond motifs is 2. The van der Waals surface area contributed by atoms with Crippen LogP contribution in [0.3, 0.4) is 0 Å². The van der Waals surface area contributed by atoms with Gasteiger partial charge in [-0.15, -0.1) is 0 Å². The van der Waals surface area contributed by atoms with Crippen LogP contribution in [0.4, 0.5) is 4.79 Å². The molecule has 0 aromatic heterocycles. The van der Waals surface area contributed by atoms with Gasteiger partial charge in [0.2, 0.25) is 11.8 Å². The summed E-state index contributed by atoms with van der Waals surface area (Å²) < 4.78 is 17.6. The first-order valence-corrected chi connectivity index (χ1v) is 17.8. The van der Waals surface area contributed by atoms with E-state index in [0.29, 0.717) is 43.3 Å². The number of piperidine rings is 2. The summed E-state index contributed by atoms with van der Waals surface area (Å²) in [6, 6.07) is 8.44. The smallest absolute Gasteiger partial charge is 0.324 e. The number of likely N-dealkylation sites (tertiary alicyclic amines) is 1. The fourth-order valence-corrected chi connectivity index (χ4v) is 9.00. The third-order valence-corrected chi connectivity index (χ3v) is 11.9. The standard InChI is InChI=1S/C38H43N5O8/c1-40-19-27(30-21-51-13-12-42(30)37(40)48)23-15-31(49-2)28(32(16-23)50-3)20-41-10-8-38(9-11-41)17-24(18-38)22-4-5-25-26(14-22)36(47)43(35(25)46)29-6-7-33(44)39-34(29)45/h4-5,14-16,19,24,29-30H,6-13,17-18,20-21H2,1-3H3,(H,39,44,45). The summed E-state index contributed by atoms with van der Waals surface area (Å²) >= 11 is 0. The van der Waals surface area contributed by atoms with Crippen LogP contribution < -0.4 is 14.8 Å². The largest absolute Gasteiger partial charge is 0.496 e. The average Bonchev–Trinajstić information content (AvgIpc) is 3.37. The molecule has 0 bridgehead atoms. The summed E-state index contributed by atoms with van der Waals surface area (Å²) in [5.74, 6) is -0.127. The number of benzene rings is 2. The summed E-state index contributed by atoms with van der Waals surface area (Å²) in [5, 5.41) is 2.25. The molecule has 4 fully saturated rings. The molecule has 5 aliphatic heterocycles. The Hall–Kier alpha value is -4.75. The van der Waals surface area contributed by atoms with E-state index in [1.165, 1.54) is 0 Å². The highest BCUT2D eigenvalue weighted by molar-refractivity contribution is 6.23. The number of hydrogen-bond donors (Lipinski definition) is 1. The van der Waals surface area contributed by atoms with Gasteiger partial charge in [0.05, 0.1) is 50.2 Å². The number of imide groups is 2. The summed E-state index contributed by atoms with van der Waals surface area (Å²) in [4.78, 5) is 70.4. The summed E-state index contributed by atoms with van der Waals surface area (Å²) in [7, 11) is 5.13. The van der Waals surface area contributed by atoms with Crippen molar-refractivity contribution in [3.05, 3.63) is 64.3 Å². The second-order valence-electron chi connectivity index (χ2n) is 14.8. The minimum Gasteiger partial charge on any atom is -0.496 e.